The summed E-state index contributed by atoms with van der Waals surface area (Å²) < 4.78 is 6.18. The van der Waals surface area contributed by atoms with Crippen LogP contribution in [0.15, 0.2) is 41.5 Å². The van der Waals surface area contributed by atoms with Crippen LogP contribution in [-0.2, 0) is 11.3 Å². The zero-order valence-corrected chi connectivity index (χ0v) is 16.0. The molecule has 1 fully saturated rings. The van der Waals surface area contributed by atoms with Gasteiger partial charge in [-0.25, -0.2) is 9.78 Å². The van der Waals surface area contributed by atoms with Gasteiger partial charge >= 0.3 is 5.97 Å². The zero-order valence-electron chi connectivity index (χ0n) is 16.0. The summed E-state index contributed by atoms with van der Waals surface area (Å²) in [6.45, 7) is 0.908. The van der Waals surface area contributed by atoms with Gasteiger partial charge in [-0.2, -0.15) is 4.98 Å². The van der Waals surface area contributed by atoms with Crippen LogP contribution in [0.5, 0.6) is 0 Å². The Labute approximate surface area is 166 Å². The largest absolute Gasteiger partial charge is 0.465 e. The van der Waals surface area contributed by atoms with Crippen molar-refractivity contribution in [3.8, 4) is 0 Å². The molecule has 0 radical (unpaired) electrons. The van der Waals surface area contributed by atoms with E-state index >= 15 is 0 Å². The molecule has 4 heterocycles. The van der Waals surface area contributed by atoms with Gasteiger partial charge in [-0.3, -0.25) is 14.3 Å². The molecule has 0 aromatic carbocycles. The molecule has 29 heavy (non-hydrogen) atoms. The van der Waals surface area contributed by atoms with Crippen molar-refractivity contribution in [2.45, 2.75) is 25.4 Å². The SMILES string of the molecule is COC(=O)c1cc2cnc(N3CCC[C@H]3CO)nc2n(Cc2ccccn2)c1=O. The first-order valence-corrected chi connectivity index (χ1v) is 9.38. The number of aromatic nitrogens is 4. The Morgan fingerprint density at radius 1 is 1.34 bits per heavy atom. The molecular weight excluding hydrogens is 374 g/mol. The topological polar surface area (TPSA) is 110 Å². The molecular formula is C20H21N5O4. The van der Waals surface area contributed by atoms with Crippen molar-refractivity contribution >= 4 is 23.0 Å². The molecule has 1 N–H and O–H groups in total. The summed E-state index contributed by atoms with van der Waals surface area (Å²) in [5.41, 5.74) is 0.482. The van der Waals surface area contributed by atoms with E-state index in [4.69, 9.17) is 4.74 Å². The quantitative estimate of drug-likeness (QED) is 0.637. The number of rotatable bonds is 5. The van der Waals surface area contributed by atoms with Crippen molar-refractivity contribution in [1.82, 2.24) is 19.5 Å². The van der Waals surface area contributed by atoms with Crippen molar-refractivity contribution in [3.05, 3.63) is 58.3 Å². The minimum atomic E-state index is -0.712. The van der Waals surface area contributed by atoms with Gasteiger partial charge in [0.1, 0.15) is 11.2 Å². The van der Waals surface area contributed by atoms with Crippen LogP contribution in [-0.4, -0.2) is 56.9 Å². The third-order valence-electron chi connectivity index (χ3n) is 5.11. The van der Waals surface area contributed by atoms with Crippen molar-refractivity contribution < 1.29 is 14.6 Å². The number of ether oxygens (including phenoxy) is 1. The number of fused-ring (bicyclic) bond motifs is 1. The Kier molecular flexibility index (Phi) is 5.22. The van der Waals surface area contributed by atoms with E-state index in [1.807, 2.05) is 11.0 Å². The number of aliphatic hydroxyl groups is 1. The van der Waals surface area contributed by atoms with Crippen LogP contribution in [0.25, 0.3) is 11.0 Å². The first-order valence-electron chi connectivity index (χ1n) is 9.38. The number of anilines is 1. The Morgan fingerprint density at radius 2 is 2.21 bits per heavy atom. The number of hydrogen-bond acceptors (Lipinski definition) is 8. The average Bonchev–Trinajstić information content (AvgIpc) is 3.24. The van der Waals surface area contributed by atoms with Crippen LogP contribution < -0.4 is 10.5 Å². The normalized spacial score (nSPS) is 16.3. The van der Waals surface area contributed by atoms with Gasteiger partial charge in [0.15, 0.2) is 0 Å². The van der Waals surface area contributed by atoms with E-state index in [2.05, 4.69) is 15.0 Å². The molecule has 150 valence electrons. The van der Waals surface area contributed by atoms with E-state index in [-0.39, 0.29) is 24.8 Å². The van der Waals surface area contributed by atoms with Crippen LogP contribution in [0.2, 0.25) is 0 Å². The Morgan fingerprint density at radius 3 is 2.93 bits per heavy atom. The summed E-state index contributed by atoms with van der Waals surface area (Å²) in [7, 11) is 1.23. The lowest BCUT2D eigenvalue weighted by Gasteiger charge is -2.23. The first-order chi connectivity index (χ1) is 14.1. The van der Waals surface area contributed by atoms with E-state index in [9.17, 15) is 14.7 Å². The van der Waals surface area contributed by atoms with E-state index < -0.39 is 11.5 Å². The van der Waals surface area contributed by atoms with Crippen LogP contribution in [0, 0.1) is 0 Å². The highest BCUT2D eigenvalue weighted by Gasteiger charge is 2.27. The van der Waals surface area contributed by atoms with E-state index in [0.29, 0.717) is 22.7 Å². The molecule has 0 aliphatic carbocycles. The number of methoxy groups -OCH3 is 1. The molecule has 1 aliphatic heterocycles. The molecule has 1 saturated heterocycles. The molecule has 1 atom stereocenters. The molecule has 0 saturated carbocycles. The summed E-state index contributed by atoms with van der Waals surface area (Å²) in [5.74, 6) is -0.260. The molecule has 0 amide bonds. The lowest BCUT2D eigenvalue weighted by Crippen LogP contribution is -2.34. The van der Waals surface area contributed by atoms with E-state index in [0.717, 1.165) is 19.4 Å². The summed E-state index contributed by atoms with van der Waals surface area (Å²) in [6.07, 6.45) is 5.03. The third kappa shape index (κ3) is 3.56. The highest BCUT2D eigenvalue weighted by atomic mass is 16.5. The summed E-state index contributed by atoms with van der Waals surface area (Å²) in [4.78, 5) is 40.4. The molecule has 3 aromatic heterocycles. The van der Waals surface area contributed by atoms with Gasteiger partial charge in [-0.15, -0.1) is 0 Å². The molecule has 1 aliphatic rings. The Hall–Kier alpha value is -3.33. The minimum Gasteiger partial charge on any atom is -0.465 e. The second-order valence-corrected chi connectivity index (χ2v) is 6.88. The summed E-state index contributed by atoms with van der Waals surface area (Å²) in [6, 6.07) is 6.83. The summed E-state index contributed by atoms with van der Waals surface area (Å²) in [5, 5.41) is 10.2. The van der Waals surface area contributed by atoms with Crippen LogP contribution in [0.3, 0.4) is 0 Å². The van der Waals surface area contributed by atoms with Gasteiger partial charge in [0, 0.05) is 24.3 Å². The van der Waals surface area contributed by atoms with Gasteiger partial charge in [0.2, 0.25) is 5.95 Å². The lowest BCUT2D eigenvalue weighted by atomic mass is 10.2. The Bertz CT molecular complexity index is 1100. The Balaban J connectivity index is 1.89. The number of carbonyl (C=O) groups excluding carboxylic acids is 1. The number of nitrogens with zero attached hydrogens (tertiary/aromatic N) is 5. The standard InChI is InChI=1S/C20H21N5O4/c1-29-19(28)16-9-13-10-22-20(24-8-4-6-15(24)12-26)23-17(13)25(18(16)27)11-14-5-2-3-7-21-14/h2-3,5,7,9-10,15,26H,4,6,8,11-12H2,1H3/t15-/m0/s1. The fourth-order valence-corrected chi connectivity index (χ4v) is 3.63. The van der Waals surface area contributed by atoms with Gasteiger partial charge in [-0.1, -0.05) is 6.07 Å². The van der Waals surface area contributed by atoms with Crippen molar-refractivity contribution in [1.29, 1.82) is 0 Å². The van der Waals surface area contributed by atoms with Gasteiger partial charge in [0.25, 0.3) is 5.56 Å². The maximum atomic E-state index is 13.1. The van der Waals surface area contributed by atoms with Gasteiger partial charge in [-0.05, 0) is 31.0 Å². The number of aliphatic hydroxyl groups excluding tert-OH is 1. The number of hydrogen-bond donors (Lipinski definition) is 1. The highest BCUT2D eigenvalue weighted by Crippen LogP contribution is 2.24. The monoisotopic (exact) mass is 395 g/mol. The van der Waals surface area contributed by atoms with Crippen LogP contribution in [0.4, 0.5) is 5.95 Å². The molecule has 0 bridgehead atoms. The molecule has 4 rings (SSSR count). The van der Waals surface area contributed by atoms with Crippen molar-refractivity contribution in [3.63, 3.8) is 0 Å². The smallest absolute Gasteiger partial charge is 0.343 e. The molecule has 3 aromatic rings. The molecule has 9 nitrogen and oxygen atoms in total. The second kappa shape index (κ2) is 7.96. The highest BCUT2D eigenvalue weighted by molar-refractivity contribution is 5.93. The van der Waals surface area contributed by atoms with Crippen molar-refractivity contribution in [2.75, 3.05) is 25.2 Å². The average molecular weight is 395 g/mol. The maximum Gasteiger partial charge on any atom is 0.343 e. The third-order valence-corrected chi connectivity index (χ3v) is 5.11. The van der Waals surface area contributed by atoms with Gasteiger partial charge in [0.05, 0.1) is 32.0 Å². The lowest BCUT2D eigenvalue weighted by molar-refractivity contribution is 0.0598. The predicted molar refractivity (Wildman–Crippen MR) is 106 cm³/mol. The number of esters is 1. The first kappa shape index (κ1) is 19.0. The van der Waals surface area contributed by atoms with Crippen molar-refractivity contribution in [2.24, 2.45) is 0 Å². The van der Waals surface area contributed by atoms with Gasteiger partial charge < -0.3 is 14.7 Å². The maximum absolute atomic E-state index is 13.1. The second-order valence-electron chi connectivity index (χ2n) is 6.88. The van der Waals surface area contributed by atoms with E-state index in [1.54, 1.807) is 24.5 Å². The van der Waals surface area contributed by atoms with Crippen LogP contribution in [0.1, 0.15) is 28.9 Å². The summed E-state index contributed by atoms with van der Waals surface area (Å²) >= 11 is 0. The molecule has 9 heteroatoms. The van der Waals surface area contributed by atoms with Crippen LogP contribution >= 0.6 is 0 Å². The minimum absolute atomic E-state index is 0.0173. The fraction of sp³-hybridized carbons (Fsp3) is 0.350. The molecule has 0 unspecified atom stereocenters. The molecule has 0 spiro atoms. The number of carbonyl (C=O) groups is 1. The van der Waals surface area contributed by atoms with E-state index in [1.165, 1.54) is 17.7 Å². The predicted octanol–water partition coefficient (Wildman–Crippen LogP) is 0.982. The zero-order chi connectivity index (χ0) is 20.4. The fourth-order valence-electron chi connectivity index (χ4n) is 3.63. The number of pyridine rings is 2.